The van der Waals surface area contributed by atoms with Crippen LogP contribution in [0.15, 0.2) is 30.3 Å². The van der Waals surface area contributed by atoms with E-state index in [0.717, 1.165) is 17.7 Å². The number of carbonyl (C=O) groups excluding carboxylic acids is 1. The van der Waals surface area contributed by atoms with Crippen molar-refractivity contribution in [3.63, 3.8) is 0 Å². The summed E-state index contributed by atoms with van der Waals surface area (Å²) in [6.07, 6.45) is 4.63. The van der Waals surface area contributed by atoms with Crippen molar-refractivity contribution in [3.8, 4) is 5.75 Å². The Morgan fingerprint density at radius 3 is 2.77 bits per heavy atom. The van der Waals surface area contributed by atoms with Crippen LogP contribution in [0.1, 0.15) is 33.0 Å². The second kappa shape index (κ2) is 6.92. The molecule has 1 aromatic carbocycles. The zero-order valence-electron chi connectivity index (χ0n) is 12.2. The first-order valence-electron chi connectivity index (χ1n) is 7.50. The van der Waals surface area contributed by atoms with Crippen molar-refractivity contribution in [2.45, 2.75) is 25.7 Å². The van der Waals surface area contributed by atoms with Gasteiger partial charge in [0.15, 0.2) is 0 Å². The van der Waals surface area contributed by atoms with Crippen molar-refractivity contribution in [2.24, 2.45) is 0 Å². The molecule has 3 nitrogen and oxygen atoms in total. The van der Waals surface area contributed by atoms with Gasteiger partial charge < -0.3 is 10.1 Å². The normalized spacial score (nSPS) is 13.5. The number of ether oxygens (including phenoxy) is 1. The Balaban J connectivity index is 1.46. The van der Waals surface area contributed by atoms with Crippen LogP contribution in [0.3, 0.4) is 0 Å². The van der Waals surface area contributed by atoms with Gasteiger partial charge in [0.1, 0.15) is 18.2 Å². The van der Waals surface area contributed by atoms with Crippen LogP contribution in [0.4, 0.5) is 4.39 Å². The summed E-state index contributed by atoms with van der Waals surface area (Å²) in [5.74, 6) is 0.270. The van der Waals surface area contributed by atoms with Crippen LogP contribution in [0.25, 0.3) is 0 Å². The number of benzene rings is 1. The number of hydrogen-bond donors (Lipinski definition) is 1. The lowest BCUT2D eigenvalue weighted by Crippen LogP contribution is -2.27. The molecule has 0 aliphatic heterocycles. The summed E-state index contributed by atoms with van der Waals surface area (Å²) in [7, 11) is 0. The Bertz CT molecular complexity index is 628. The maximum absolute atomic E-state index is 12.8. The van der Waals surface area contributed by atoms with Gasteiger partial charge in [0.25, 0.3) is 5.91 Å². The molecule has 0 atom stereocenters. The Morgan fingerprint density at radius 2 is 2.00 bits per heavy atom. The van der Waals surface area contributed by atoms with E-state index >= 15 is 0 Å². The average molecular weight is 319 g/mol. The van der Waals surface area contributed by atoms with Crippen LogP contribution in [0, 0.1) is 5.82 Å². The van der Waals surface area contributed by atoms with E-state index in [1.54, 1.807) is 23.5 Å². The number of fused-ring (bicyclic) bond motifs is 1. The molecule has 1 aliphatic rings. The van der Waals surface area contributed by atoms with E-state index in [2.05, 4.69) is 5.32 Å². The SMILES string of the molecule is O=C(NCCOc1ccc(F)cc1)c1cc2c(s1)CCCC2. The molecule has 1 amide bonds. The highest BCUT2D eigenvalue weighted by Crippen LogP contribution is 2.29. The first-order chi connectivity index (χ1) is 10.7. The lowest BCUT2D eigenvalue weighted by Gasteiger charge is -2.08. The van der Waals surface area contributed by atoms with Crippen molar-refractivity contribution < 1.29 is 13.9 Å². The van der Waals surface area contributed by atoms with Crippen molar-refractivity contribution in [2.75, 3.05) is 13.2 Å². The van der Waals surface area contributed by atoms with Crippen LogP contribution < -0.4 is 10.1 Å². The summed E-state index contributed by atoms with van der Waals surface area (Å²) < 4.78 is 18.2. The van der Waals surface area contributed by atoms with Crippen molar-refractivity contribution in [3.05, 3.63) is 51.5 Å². The predicted molar refractivity (Wildman–Crippen MR) is 85.2 cm³/mol. The highest BCUT2D eigenvalue weighted by Gasteiger charge is 2.16. The van der Waals surface area contributed by atoms with E-state index in [0.29, 0.717) is 18.9 Å². The number of rotatable bonds is 5. The van der Waals surface area contributed by atoms with E-state index in [1.807, 2.05) is 6.07 Å². The fourth-order valence-electron chi connectivity index (χ4n) is 2.55. The molecular formula is C17H18FNO2S. The summed E-state index contributed by atoms with van der Waals surface area (Å²) in [6.45, 7) is 0.793. The summed E-state index contributed by atoms with van der Waals surface area (Å²) in [4.78, 5) is 14.3. The zero-order chi connectivity index (χ0) is 15.4. The predicted octanol–water partition coefficient (Wildman–Crippen LogP) is 3.57. The Kier molecular flexibility index (Phi) is 4.73. The van der Waals surface area contributed by atoms with Crippen molar-refractivity contribution in [1.82, 2.24) is 5.32 Å². The molecular weight excluding hydrogens is 301 g/mol. The fourth-order valence-corrected chi connectivity index (χ4v) is 3.72. The Morgan fingerprint density at radius 1 is 1.23 bits per heavy atom. The molecule has 0 spiro atoms. The molecule has 1 aromatic heterocycles. The molecule has 5 heteroatoms. The molecule has 0 bridgehead atoms. The maximum atomic E-state index is 12.8. The van der Waals surface area contributed by atoms with Crippen molar-refractivity contribution >= 4 is 17.2 Å². The quantitative estimate of drug-likeness (QED) is 0.856. The second-order valence-electron chi connectivity index (χ2n) is 5.32. The second-order valence-corrected chi connectivity index (χ2v) is 6.46. The molecule has 116 valence electrons. The number of amides is 1. The molecule has 3 rings (SSSR count). The monoisotopic (exact) mass is 319 g/mol. The van der Waals surface area contributed by atoms with Crippen LogP contribution >= 0.6 is 11.3 Å². The van der Waals surface area contributed by atoms with E-state index in [1.165, 1.54) is 35.4 Å². The van der Waals surface area contributed by atoms with Gasteiger partial charge in [0, 0.05) is 4.88 Å². The number of nitrogens with one attached hydrogen (secondary N) is 1. The Hall–Kier alpha value is -1.88. The summed E-state index contributed by atoms with van der Waals surface area (Å²) in [5, 5.41) is 2.86. The lowest BCUT2D eigenvalue weighted by atomic mass is 9.99. The van der Waals surface area contributed by atoms with E-state index in [-0.39, 0.29) is 11.7 Å². The molecule has 2 aromatic rings. The molecule has 0 fully saturated rings. The number of halogens is 1. The number of aryl methyl sites for hydroxylation is 2. The summed E-state index contributed by atoms with van der Waals surface area (Å²) in [6, 6.07) is 7.87. The fraction of sp³-hybridized carbons (Fsp3) is 0.353. The van der Waals surface area contributed by atoms with E-state index in [9.17, 15) is 9.18 Å². The van der Waals surface area contributed by atoms with Gasteiger partial charge in [-0.3, -0.25) is 4.79 Å². The van der Waals surface area contributed by atoms with Gasteiger partial charge in [-0.05, 0) is 61.6 Å². The molecule has 1 heterocycles. The molecule has 0 unspecified atom stereocenters. The highest BCUT2D eigenvalue weighted by atomic mass is 32.1. The van der Waals surface area contributed by atoms with Gasteiger partial charge in [-0.1, -0.05) is 0 Å². The molecule has 22 heavy (non-hydrogen) atoms. The topological polar surface area (TPSA) is 38.3 Å². The van der Waals surface area contributed by atoms with E-state index in [4.69, 9.17) is 4.74 Å². The minimum absolute atomic E-state index is 0.0397. The van der Waals surface area contributed by atoms with Crippen molar-refractivity contribution in [1.29, 1.82) is 0 Å². The summed E-state index contributed by atoms with van der Waals surface area (Å²) >= 11 is 1.60. The molecule has 1 N–H and O–H groups in total. The third-order valence-corrected chi connectivity index (χ3v) is 4.93. The molecule has 0 radical (unpaired) electrons. The number of hydrogen-bond acceptors (Lipinski definition) is 3. The first-order valence-corrected chi connectivity index (χ1v) is 8.32. The van der Waals surface area contributed by atoms with Gasteiger partial charge in [-0.25, -0.2) is 4.39 Å². The van der Waals surface area contributed by atoms with Gasteiger partial charge >= 0.3 is 0 Å². The maximum Gasteiger partial charge on any atom is 0.261 e. The first kappa shape index (κ1) is 15.0. The largest absolute Gasteiger partial charge is 0.492 e. The van der Waals surface area contributed by atoms with Crippen LogP contribution in [0.5, 0.6) is 5.75 Å². The van der Waals surface area contributed by atoms with Gasteiger partial charge in [0.05, 0.1) is 11.4 Å². The standard InChI is InChI=1S/C17H18FNO2S/c18-13-5-7-14(8-6-13)21-10-9-19-17(20)16-11-12-3-1-2-4-15(12)22-16/h5-8,11H,1-4,9-10H2,(H,19,20). The average Bonchev–Trinajstić information content (AvgIpc) is 2.97. The number of thiophene rings is 1. The molecule has 0 saturated carbocycles. The van der Waals surface area contributed by atoms with Crippen LogP contribution in [-0.4, -0.2) is 19.1 Å². The van der Waals surface area contributed by atoms with Crippen LogP contribution in [-0.2, 0) is 12.8 Å². The lowest BCUT2D eigenvalue weighted by molar-refractivity contribution is 0.0951. The minimum Gasteiger partial charge on any atom is -0.492 e. The highest BCUT2D eigenvalue weighted by molar-refractivity contribution is 7.14. The number of carbonyl (C=O) groups is 1. The Labute approximate surface area is 133 Å². The smallest absolute Gasteiger partial charge is 0.261 e. The van der Waals surface area contributed by atoms with E-state index < -0.39 is 0 Å². The molecule has 1 aliphatic carbocycles. The summed E-state index contributed by atoms with van der Waals surface area (Å²) in [5.41, 5.74) is 1.34. The van der Waals surface area contributed by atoms with Crippen LogP contribution in [0.2, 0.25) is 0 Å². The van der Waals surface area contributed by atoms with Gasteiger partial charge in [-0.2, -0.15) is 0 Å². The third-order valence-electron chi connectivity index (χ3n) is 3.69. The molecule has 0 saturated heterocycles. The van der Waals surface area contributed by atoms with Gasteiger partial charge in [-0.15, -0.1) is 11.3 Å². The van der Waals surface area contributed by atoms with Gasteiger partial charge in [0.2, 0.25) is 0 Å². The third kappa shape index (κ3) is 3.65. The minimum atomic E-state index is -0.290. The zero-order valence-corrected chi connectivity index (χ0v) is 13.0.